The van der Waals surface area contributed by atoms with E-state index in [9.17, 15) is 23.1 Å². The summed E-state index contributed by atoms with van der Waals surface area (Å²) < 4.78 is 48.3. The highest BCUT2D eigenvalue weighted by Gasteiger charge is 2.36. The third-order valence-electron chi connectivity index (χ3n) is 6.54. The van der Waals surface area contributed by atoms with Gasteiger partial charge in [-0.05, 0) is 61.6 Å². The Morgan fingerprint density at radius 1 is 1.12 bits per heavy atom. The van der Waals surface area contributed by atoms with E-state index < -0.39 is 23.4 Å². The summed E-state index contributed by atoms with van der Waals surface area (Å²) in [6, 6.07) is 10.9. The van der Waals surface area contributed by atoms with E-state index in [0.717, 1.165) is 22.7 Å². The van der Waals surface area contributed by atoms with Gasteiger partial charge in [-0.2, -0.15) is 23.0 Å². The van der Waals surface area contributed by atoms with Gasteiger partial charge in [-0.15, -0.1) is 0 Å². The lowest BCUT2D eigenvalue weighted by atomic mass is 10.0. The molecule has 3 aromatic rings. The van der Waals surface area contributed by atoms with Crippen LogP contribution in [0, 0.1) is 0 Å². The number of rotatable bonds is 4. The monoisotopic (exact) mass is 471 g/mol. The molecule has 0 saturated carbocycles. The zero-order chi connectivity index (χ0) is 24.0. The summed E-state index contributed by atoms with van der Waals surface area (Å²) in [6.45, 7) is 0.847. The number of aliphatic hydroxyl groups excluding tert-OH is 1. The van der Waals surface area contributed by atoms with Crippen molar-refractivity contribution in [2.24, 2.45) is 0 Å². The minimum atomic E-state index is -4.67. The van der Waals surface area contributed by atoms with Gasteiger partial charge < -0.3 is 14.7 Å². The van der Waals surface area contributed by atoms with E-state index in [1.165, 1.54) is 19.2 Å². The number of fused-ring (bicyclic) bond motifs is 1. The average Bonchev–Trinajstić information content (AvgIpc) is 3.48. The summed E-state index contributed by atoms with van der Waals surface area (Å²) >= 11 is 0. The van der Waals surface area contributed by atoms with Crippen LogP contribution in [0.2, 0.25) is 0 Å². The van der Waals surface area contributed by atoms with Gasteiger partial charge in [0.1, 0.15) is 5.75 Å². The van der Waals surface area contributed by atoms with Crippen molar-refractivity contribution in [2.75, 3.05) is 25.1 Å². The van der Waals surface area contributed by atoms with Gasteiger partial charge in [0.15, 0.2) is 0 Å². The maximum atomic E-state index is 14.0. The van der Waals surface area contributed by atoms with Crippen LogP contribution in [0.1, 0.15) is 29.5 Å². The molecular formula is C25H24F3N3O3. The molecule has 1 N–H and O–H groups in total. The molecule has 178 valence electrons. The molecule has 0 spiro atoms. The van der Waals surface area contributed by atoms with Crippen LogP contribution >= 0.6 is 0 Å². The molecule has 0 amide bonds. The molecule has 1 fully saturated rings. The van der Waals surface area contributed by atoms with E-state index >= 15 is 0 Å². The maximum absolute atomic E-state index is 14.0. The molecule has 1 saturated heterocycles. The molecule has 2 aromatic carbocycles. The lowest BCUT2D eigenvalue weighted by Gasteiger charge is -2.22. The van der Waals surface area contributed by atoms with Crippen molar-refractivity contribution in [1.29, 1.82) is 0 Å². The Morgan fingerprint density at radius 3 is 2.62 bits per heavy atom. The Balaban J connectivity index is 1.74. The molecule has 1 aliphatic heterocycles. The number of alkyl halides is 3. The van der Waals surface area contributed by atoms with Crippen LogP contribution in [-0.2, 0) is 19.0 Å². The predicted octanol–water partition coefficient (Wildman–Crippen LogP) is 3.99. The lowest BCUT2D eigenvalue weighted by molar-refractivity contribution is -0.137. The van der Waals surface area contributed by atoms with Crippen LogP contribution in [0.15, 0.2) is 47.3 Å². The van der Waals surface area contributed by atoms with Gasteiger partial charge >= 0.3 is 6.18 Å². The van der Waals surface area contributed by atoms with Crippen molar-refractivity contribution in [1.82, 2.24) is 9.78 Å². The number of ether oxygens (including phenoxy) is 1. The van der Waals surface area contributed by atoms with Crippen molar-refractivity contribution in [3.8, 4) is 22.7 Å². The number of β-amino-alcohol motifs (C(OH)–C–C–N with tert-alkyl or cyclic N) is 1. The second kappa shape index (κ2) is 8.47. The molecule has 34 heavy (non-hydrogen) atoms. The summed E-state index contributed by atoms with van der Waals surface area (Å²) in [5.41, 5.74) is 1.19. The van der Waals surface area contributed by atoms with Gasteiger partial charge in [0.05, 0.1) is 30.2 Å². The van der Waals surface area contributed by atoms with Gasteiger partial charge in [0, 0.05) is 29.9 Å². The average molecular weight is 471 g/mol. The van der Waals surface area contributed by atoms with Crippen LogP contribution in [-0.4, -0.2) is 41.2 Å². The Bertz CT molecular complexity index is 1300. The highest BCUT2D eigenvalue weighted by atomic mass is 19.4. The van der Waals surface area contributed by atoms with Gasteiger partial charge in [-0.3, -0.25) is 4.79 Å². The van der Waals surface area contributed by atoms with Crippen molar-refractivity contribution in [3.63, 3.8) is 0 Å². The molecule has 9 heteroatoms. The first-order chi connectivity index (χ1) is 16.3. The fourth-order valence-corrected chi connectivity index (χ4v) is 4.85. The highest BCUT2D eigenvalue weighted by Crippen LogP contribution is 2.37. The first-order valence-electron chi connectivity index (χ1n) is 11.2. The number of aliphatic hydroxyl groups is 1. The van der Waals surface area contributed by atoms with Crippen LogP contribution < -0.4 is 15.2 Å². The van der Waals surface area contributed by atoms with Crippen LogP contribution in [0.5, 0.6) is 5.75 Å². The normalized spacial score (nSPS) is 17.8. The topological polar surface area (TPSA) is 67.6 Å². The number of halogens is 3. The van der Waals surface area contributed by atoms with E-state index in [1.807, 2.05) is 11.0 Å². The number of anilines is 1. The third-order valence-corrected chi connectivity index (χ3v) is 6.54. The zero-order valence-corrected chi connectivity index (χ0v) is 18.6. The molecular weight excluding hydrogens is 447 g/mol. The van der Waals surface area contributed by atoms with E-state index in [4.69, 9.17) is 4.74 Å². The fourth-order valence-electron chi connectivity index (χ4n) is 4.85. The molecule has 6 nitrogen and oxygen atoms in total. The molecule has 1 aromatic heterocycles. The van der Waals surface area contributed by atoms with E-state index in [0.29, 0.717) is 60.6 Å². The second-order valence-corrected chi connectivity index (χ2v) is 8.70. The molecule has 2 aliphatic rings. The Hall–Kier alpha value is -3.33. The summed E-state index contributed by atoms with van der Waals surface area (Å²) in [5, 5.41) is 14.4. The molecule has 1 atom stereocenters. The molecule has 1 aliphatic carbocycles. The third kappa shape index (κ3) is 3.94. The number of hydrogen-bond donors (Lipinski definition) is 1. The van der Waals surface area contributed by atoms with E-state index in [1.54, 1.807) is 18.2 Å². The maximum Gasteiger partial charge on any atom is 0.418 e. The van der Waals surface area contributed by atoms with Crippen molar-refractivity contribution >= 4 is 5.69 Å². The smallest absolute Gasteiger partial charge is 0.418 e. The number of hydrogen-bond acceptors (Lipinski definition) is 5. The minimum Gasteiger partial charge on any atom is -0.497 e. The first-order valence-corrected chi connectivity index (χ1v) is 11.2. The van der Waals surface area contributed by atoms with Crippen LogP contribution in [0.4, 0.5) is 18.9 Å². The van der Waals surface area contributed by atoms with Crippen molar-refractivity contribution in [3.05, 3.63) is 69.5 Å². The van der Waals surface area contributed by atoms with Gasteiger partial charge in [-0.1, -0.05) is 12.1 Å². The number of nitrogens with zero attached hydrogens (tertiary/aromatic N) is 3. The largest absolute Gasteiger partial charge is 0.497 e. The second-order valence-electron chi connectivity index (χ2n) is 8.70. The predicted molar refractivity (Wildman–Crippen MR) is 122 cm³/mol. The molecule has 0 unspecified atom stereocenters. The fraction of sp³-hybridized carbons (Fsp3) is 0.360. The van der Waals surface area contributed by atoms with Crippen LogP contribution in [0.3, 0.4) is 0 Å². The van der Waals surface area contributed by atoms with Gasteiger partial charge in [0.25, 0.3) is 5.56 Å². The summed E-state index contributed by atoms with van der Waals surface area (Å²) in [4.78, 5) is 15.2. The SMILES string of the molecule is COc1cccc(-c2nn(-c3cc(N4CC[C@H](O)C4)ccc3C(F)(F)F)c(=O)c3c2CCC3)c1. The van der Waals surface area contributed by atoms with Crippen molar-refractivity contribution in [2.45, 2.75) is 38.0 Å². The van der Waals surface area contributed by atoms with Crippen LogP contribution in [0.25, 0.3) is 16.9 Å². The number of methoxy groups -OCH3 is 1. The van der Waals surface area contributed by atoms with Gasteiger partial charge in [-0.25, -0.2) is 0 Å². The molecule has 2 heterocycles. The highest BCUT2D eigenvalue weighted by molar-refractivity contribution is 5.67. The standard InChI is InChI=1S/C25H24F3N3O3/c1-34-18-5-2-4-15(12-18)23-19-6-3-7-20(19)24(33)31(29-23)22-13-16(30-11-10-17(32)14-30)8-9-21(22)25(26,27)28/h2,4-5,8-9,12-13,17,32H,3,6-7,10-11,14H2,1H3/t17-/m0/s1. The molecule has 5 rings (SSSR count). The number of benzene rings is 2. The summed E-state index contributed by atoms with van der Waals surface area (Å²) in [6.07, 6.45) is -2.80. The summed E-state index contributed by atoms with van der Waals surface area (Å²) in [5.74, 6) is 0.592. The van der Waals surface area contributed by atoms with E-state index in [-0.39, 0.29) is 5.69 Å². The Kier molecular flexibility index (Phi) is 5.59. The van der Waals surface area contributed by atoms with Crippen molar-refractivity contribution < 1.29 is 23.0 Å². The first kappa shape index (κ1) is 22.5. The Labute approximate surface area is 194 Å². The Morgan fingerprint density at radius 2 is 1.91 bits per heavy atom. The van der Waals surface area contributed by atoms with Gasteiger partial charge in [0.2, 0.25) is 0 Å². The zero-order valence-electron chi connectivity index (χ0n) is 18.6. The van der Waals surface area contributed by atoms with E-state index in [2.05, 4.69) is 5.10 Å². The lowest BCUT2D eigenvalue weighted by Crippen LogP contribution is -2.29. The quantitative estimate of drug-likeness (QED) is 0.624. The summed E-state index contributed by atoms with van der Waals surface area (Å²) in [7, 11) is 1.54. The number of aromatic nitrogens is 2. The molecule has 0 bridgehead atoms. The minimum absolute atomic E-state index is 0.310. The molecule has 0 radical (unpaired) electrons.